The van der Waals surface area contributed by atoms with Crippen molar-refractivity contribution in [2.24, 2.45) is 5.10 Å². The minimum Gasteiger partial charge on any atom is -0.378 e. The van der Waals surface area contributed by atoms with Gasteiger partial charge in [-0.25, -0.2) is 5.43 Å². The molecule has 0 spiro atoms. The van der Waals surface area contributed by atoms with E-state index in [-0.39, 0.29) is 5.91 Å². The maximum atomic E-state index is 12.4. The van der Waals surface area contributed by atoms with Gasteiger partial charge in [-0.3, -0.25) is 4.79 Å². The Morgan fingerprint density at radius 3 is 2.13 bits per heavy atom. The molecule has 1 N–H and O–H groups in total. The molecular formula is C24H26N4O2. The summed E-state index contributed by atoms with van der Waals surface area (Å²) in [5, 5.41) is 4.10. The van der Waals surface area contributed by atoms with E-state index in [0.29, 0.717) is 5.56 Å². The lowest BCUT2D eigenvalue weighted by molar-refractivity contribution is 0.0955. The first kappa shape index (κ1) is 19.9. The second-order valence-corrected chi connectivity index (χ2v) is 7.39. The number of rotatable bonds is 5. The van der Waals surface area contributed by atoms with Crippen molar-refractivity contribution >= 4 is 17.8 Å². The quantitative estimate of drug-likeness (QED) is 0.523. The molecule has 1 saturated heterocycles. The number of hydrazone groups is 1. The Bertz CT molecular complexity index is 1010. The number of hydrogen-bond donors (Lipinski definition) is 1. The fourth-order valence-corrected chi connectivity index (χ4v) is 3.66. The van der Waals surface area contributed by atoms with Gasteiger partial charge in [0.25, 0.3) is 5.91 Å². The van der Waals surface area contributed by atoms with Crippen molar-refractivity contribution in [3.05, 3.63) is 83.2 Å². The molecule has 6 heteroatoms. The van der Waals surface area contributed by atoms with Gasteiger partial charge in [0, 0.05) is 41.4 Å². The third-order valence-electron chi connectivity index (χ3n) is 5.31. The van der Waals surface area contributed by atoms with Crippen LogP contribution in [0.1, 0.15) is 27.3 Å². The van der Waals surface area contributed by atoms with Crippen LogP contribution in [0.5, 0.6) is 0 Å². The Kier molecular flexibility index (Phi) is 5.95. The normalized spacial score (nSPS) is 14.3. The van der Waals surface area contributed by atoms with Crippen LogP contribution in [-0.2, 0) is 4.74 Å². The molecule has 0 atom stereocenters. The number of aryl methyl sites for hydroxylation is 2. The smallest absolute Gasteiger partial charge is 0.271 e. The Balaban J connectivity index is 1.35. The summed E-state index contributed by atoms with van der Waals surface area (Å²) in [4.78, 5) is 14.7. The zero-order valence-corrected chi connectivity index (χ0v) is 17.3. The predicted octanol–water partition coefficient (Wildman–Crippen LogP) is 3.69. The average molecular weight is 402 g/mol. The maximum Gasteiger partial charge on any atom is 0.271 e. The van der Waals surface area contributed by atoms with Crippen LogP contribution in [-0.4, -0.2) is 43.0 Å². The molecule has 6 nitrogen and oxygen atoms in total. The van der Waals surface area contributed by atoms with Crippen molar-refractivity contribution < 1.29 is 9.53 Å². The SMILES string of the molecule is Cc1ccc(C)n1-c1ccc(C(=O)N/N=C\c2ccc(N3CCOCC3)cc2)cc1. The minimum absolute atomic E-state index is 0.233. The van der Waals surface area contributed by atoms with Gasteiger partial charge < -0.3 is 14.2 Å². The van der Waals surface area contributed by atoms with Gasteiger partial charge in [0.1, 0.15) is 0 Å². The first-order valence-electron chi connectivity index (χ1n) is 10.1. The minimum atomic E-state index is -0.233. The average Bonchev–Trinajstić information content (AvgIpc) is 3.13. The number of nitrogens with zero attached hydrogens (tertiary/aromatic N) is 3. The summed E-state index contributed by atoms with van der Waals surface area (Å²) in [5.41, 5.74) is 8.63. The molecule has 1 fully saturated rings. The van der Waals surface area contributed by atoms with Gasteiger partial charge >= 0.3 is 0 Å². The second-order valence-electron chi connectivity index (χ2n) is 7.39. The lowest BCUT2D eigenvalue weighted by atomic mass is 10.2. The van der Waals surface area contributed by atoms with Gasteiger partial charge in [0.2, 0.25) is 0 Å². The fraction of sp³-hybridized carbons (Fsp3) is 0.250. The molecule has 1 aliphatic rings. The molecule has 154 valence electrons. The van der Waals surface area contributed by atoms with Gasteiger partial charge in [0.15, 0.2) is 0 Å². The summed E-state index contributed by atoms with van der Waals surface area (Å²) in [5.74, 6) is -0.233. The molecule has 1 aromatic heterocycles. The topological polar surface area (TPSA) is 58.9 Å². The summed E-state index contributed by atoms with van der Waals surface area (Å²) in [6.07, 6.45) is 1.65. The van der Waals surface area contributed by atoms with Crippen LogP contribution in [0.15, 0.2) is 65.8 Å². The van der Waals surface area contributed by atoms with Crippen LogP contribution in [0.25, 0.3) is 5.69 Å². The molecule has 3 aromatic rings. The van der Waals surface area contributed by atoms with Gasteiger partial charge in [-0.15, -0.1) is 0 Å². The Hall–Kier alpha value is -3.38. The van der Waals surface area contributed by atoms with Crippen molar-refractivity contribution in [1.29, 1.82) is 0 Å². The van der Waals surface area contributed by atoms with Crippen molar-refractivity contribution in [1.82, 2.24) is 9.99 Å². The number of aromatic nitrogens is 1. The second kappa shape index (κ2) is 8.97. The van der Waals surface area contributed by atoms with Crippen LogP contribution in [0.2, 0.25) is 0 Å². The van der Waals surface area contributed by atoms with Gasteiger partial charge in [-0.05, 0) is 67.9 Å². The number of morpholine rings is 1. The molecule has 0 aliphatic carbocycles. The summed E-state index contributed by atoms with van der Waals surface area (Å²) < 4.78 is 7.54. The van der Waals surface area contributed by atoms with E-state index in [1.807, 2.05) is 36.4 Å². The van der Waals surface area contributed by atoms with E-state index in [2.05, 4.69) is 58.1 Å². The maximum absolute atomic E-state index is 12.4. The molecule has 1 aliphatic heterocycles. The Labute approximate surface area is 176 Å². The fourth-order valence-electron chi connectivity index (χ4n) is 3.66. The predicted molar refractivity (Wildman–Crippen MR) is 120 cm³/mol. The molecule has 2 heterocycles. The molecule has 4 rings (SSSR count). The summed E-state index contributed by atoms with van der Waals surface area (Å²) in [6, 6.07) is 19.8. The van der Waals surface area contributed by atoms with Crippen molar-refractivity contribution in [2.45, 2.75) is 13.8 Å². The monoisotopic (exact) mass is 402 g/mol. The van der Waals surface area contributed by atoms with Gasteiger partial charge in [-0.1, -0.05) is 12.1 Å². The van der Waals surface area contributed by atoms with E-state index in [1.165, 1.54) is 5.69 Å². The number of carbonyl (C=O) groups is 1. The molecule has 1 amide bonds. The molecule has 0 radical (unpaired) electrons. The zero-order chi connectivity index (χ0) is 20.9. The highest BCUT2D eigenvalue weighted by molar-refractivity contribution is 5.95. The first-order chi connectivity index (χ1) is 14.6. The van der Waals surface area contributed by atoms with Crippen molar-refractivity contribution in [3.8, 4) is 5.69 Å². The highest BCUT2D eigenvalue weighted by atomic mass is 16.5. The standard InChI is InChI=1S/C24H26N4O2/c1-18-3-4-19(2)28(18)23-11-7-21(8-12-23)24(29)26-25-17-20-5-9-22(10-6-20)27-13-15-30-16-14-27/h3-12,17H,13-16H2,1-2H3,(H,26,29)/b25-17-. The van der Waals surface area contributed by atoms with Crippen LogP contribution in [0, 0.1) is 13.8 Å². The molecule has 0 bridgehead atoms. The zero-order valence-electron chi connectivity index (χ0n) is 17.3. The highest BCUT2D eigenvalue weighted by Gasteiger charge is 2.10. The van der Waals surface area contributed by atoms with E-state index in [1.54, 1.807) is 6.21 Å². The molecule has 2 aromatic carbocycles. The van der Waals surface area contributed by atoms with Crippen molar-refractivity contribution in [3.63, 3.8) is 0 Å². The Morgan fingerprint density at radius 1 is 0.900 bits per heavy atom. The van der Waals surface area contributed by atoms with Crippen LogP contribution in [0.3, 0.4) is 0 Å². The lowest BCUT2D eigenvalue weighted by Crippen LogP contribution is -2.36. The number of amides is 1. The first-order valence-corrected chi connectivity index (χ1v) is 10.1. The van der Waals surface area contributed by atoms with Crippen LogP contribution in [0.4, 0.5) is 5.69 Å². The number of ether oxygens (including phenoxy) is 1. The van der Waals surface area contributed by atoms with Gasteiger partial charge in [0.05, 0.1) is 19.4 Å². The third kappa shape index (κ3) is 4.44. The van der Waals surface area contributed by atoms with E-state index in [9.17, 15) is 4.79 Å². The number of hydrogen-bond acceptors (Lipinski definition) is 4. The number of carbonyl (C=O) groups excluding carboxylic acids is 1. The van der Waals surface area contributed by atoms with E-state index in [0.717, 1.165) is 48.9 Å². The number of benzene rings is 2. The molecule has 0 unspecified atom stereocenters. The van der Waals surface area contributed by atoms with E-state index < -0.39 is 0 Å². The summed E-state index contributed by atoms with van der Waals surface area (Å²) >= 11 is 0. The molecular weight excluding hydrogens is 376 g/mol. The molecule has 30 heavy (non-hydrogen) atoms. The van der Waals surface area contributed by atoms with Crippen molar-refractivity contribution in [2.75, 3.05) is 31.2 Å². The highest BCUT2D eigenvalue weighted by Crippen LogP contribution is 2.17. The number of nitrogens with one attached hydrogen (secondary N) is 1. The summed E-state index contributed by atoms with van der Waals surface area (Å²) in [7, 11) is 0. The third-order valence-corrected chi connectivity index (χ3v) is 5.31. The summed E-state index contributed by atoms with van der Waals surface area (Å²) in [6.45, 7) is 7.48. The Morgan fingerprint density at radius 2 is 1.50 bits per heavy atom. The lowest BCUT2D eigenvalue weighted by Gasteiger charge is -2.28. The molecule has 0 saturated carbocycles. The van der Waals surface area contributed by atoms with Crippen LogP contribution >= 0.6 is 0 Å². The number of anilines is 1. The van der Waals surface area contributed by atoms with Gasteiger partial charge in [-0.2, -0.15) is 5.10 Å². The van der Waals surface area contributed by atoms with E-state index >= 15 is 0 Å². The van der Waals surface area contributed by atoms with Crippen LogP contribution < -0.4 is 10.3 Å². The largest absolute Gasteiger partial charge is 0.378 e. The van der Waals surface area contributed by atoms with E-state index in [4.69, 9.17) is 4.74 Å².